The van der Waals surface area contributed by atoms with E-state index in [1.165, 1.54) is 0 Å². The summed E-state index contributed by atoms with van der Waals surface area (Å²) >= 11 is 0. The molecule has 1 amide bonds. The molecule has 0 N–H and O–H groups in total. The summed E-state index contributed by atoms with van der Waals surface area (Å²) in [5, 5.41) is 4.81. The summed E-state index contributed by atoms with van der Waals surface area (Å²) in [6.45, 7) is 4.37. The molecule has 2 aromatic rings. The summed E-state index contributed by atoms with van der Waals surface area (Å²) in [5.74, 6) is 2.04. The highest BCUT2D eigenvalue weighted by Gasteiger charge is 2.47. The smallest absolute Gasteiger partial charge is 0.249 e. The van der Waals surface area contributed by atoms with Gasteiger partial charge in [-0.2, -0.15) is 5.10 Å². The molecule has 8 heteroatoms. The zero-order valence-electron chi connectivity index (χ0n) is 16.7. The lowest BCUT2D eigenvalue weighted by Crippen LogP contribution is -2.47. The SMILES string of the molecule is CCn1nc(C2CCOCC2)nc1[C@H]1OCC(=O)N(C2CC2)[C@@H]1c1cccnc1. The van der Waals surface area contributed by atoms with E-state index < -0.39 is 0 Å². The van der Waals surface area contributed by atoms with Gasteiger partial charge in [-0.05, 0) is 44.2 Å². The van der Waals surface area contributed by atoms with Crippen LogP contribution in [-0.4, -0.2) is 56.4 Å². The third-order valence-corrected chi connectivity index (χ3v) is 6.08. The van der Waals surface area contributed by atoms with Crippen molar-refractivity contribution in [2.45, 2.75) is 63.3 Å². The van der Waals surface area contributed by atoms with Crippen LogP contribution in [0.3, 0.4) is 0 Å². The molecule has 0 spiro atoms. The normalized spacial score (nSPS) is 26.1. The van der Waals surface area contributed by atoms with Crippen molar-refractivity contribution in [2.24, 2.45) is 0 Å². The number of rotatable bonds is 5. The lowest BCUT2D eigenvalue weighted by atomic mass is 9.97. The number of carbonyl (C=O) groups excluding carboxylic acids is 1. The monoisotopic (exact) mass is 397 g/mol. The second-order valence-electron chi connectivity index (χ2n) is 8.03. The second-order valence-corrected chi connectivity index (χ2v) is 8.03. The van der Waals surface area contributed by atoms with Crippen LogP contribution in [0.15, 0.2) is 24.5 Å². The van der Waals surface area contributed by atoms with Crippen molar-refractivity contribution >= 4 is 5.91 Å². The first-order valence-corrected chi connectivity index (χ1v) is 10.6. The summed E-state index contributed by atoms with van der Waals surface area (Å²) in [6, 6.07) is 3.99. The molecule has 2 aliphatic heterocycles. The maximum atomic E-state index is 12.8. The van der Waals surface area contributed by atoms with Gasteiger partial charge in [-0.3, -0.25) is 9.78 Å². The van der Waals surface area contributed by atoms with E-state index in [9.17, 15) is 4.79 Å². The lowest BCUT2D eigenvalue weighted by molar-refractivity contribution is -0.160. The lowest BCUT2D eigenvalue weighted by Gasteiger charge is -2.41. The number of hydrogen-bond acceptors (Lipinski definition) is 6. The third-order valence-electron chi connectivity index (χ3n) is 6.08. The number of hydrogen-bond donors (Lipinski definition) is 0. The molecule has 8 nitrogen and oxygen atoms in total. The average Bonchev–Trinajstić information content (AvgIpc) is 3.52. The first-order chi connectivity index (χ1) is 14.3. The molecule has 0 bridgehead atoms. The van der Waals surface area contributed by atoms with Gasteiger partial charge >= 0.3 is 0 Å². The predicted molar refractivity (Wildman–Crippen MR) is 104 cm³/mol. The number of pyridine rings is 1. The first kappa shape index (κ1) is 18.7. The van der Waals surface area contributed by atoms with Gasteiger partial charge in [0, 0.05) is 44.1 Å². The van der Waals surface area contributed by atoms with E-state index in [0.29, 0.717) is 12.5 Å². The Morgan fingerprint density at radius 2 is 2.03 bits per heavy atom. The maximum absolute atomic E-state index is 12.8. The highest BCUT2D eigenvalue weighted by atomic mass is 16.5. The van der Waals surface area contributed by atoms with Gasteiger partial charge in [-0.25, -0.2) is 9.67 Å². The Balaban J connectivity index is 1.54. The Hall–Kier alpha value is -2.32. The van der Waals surface area contributed by atoms with Crippen molar-refractivity contribution in [3.8, 4) is 0 Å². The fourth-order valence-corrected chi connectivity index (χ4v) is 4.46. The molecule has 5 rings (SSSR count). The molecular weight excluding hydrogens is 370 g/mol. The van der Waals surface area contributed by atoms with Crippen molar-refractivity contribution in [2.75, 3.05) is 19.8 Å². The Morgan fingerprint density at radius 3 is 2.72 bits per heavy atom. The predicted octanol–water partition coefficient (Wildman–Crippen LogP) is 2.39. The molecular formula is C21H27N5O3. The molecule has 29 heavy (non-hydrogen) atoms. The summed E-state index contributed by atoms with van der Waals surface area (Å²) in [5.41, 5.74) is 0.982. The van der Waals surface area contributed by atoms with Crippen LogP contribution in [0.2, 0.25) is 0 Å². The Bertz CT molecular complexity index is 860. The maximum Gasteiger partial charge on any atom is 0.249 e. The first-order valence-electron chi connectivity index (χ1n) is 10.6. The highest BCUT2D eigenvalue weighted by molar-refractivity contribution is 5.79. The zero-order valence-corrected chi connectivity index (χ0v) is 16.7. The number of amides is 1. The van der Waals surface area contributed by atoms with Crippen LogP contribution in [0.1, 0.15) is 67.9 Å². The van der Waals surface area contributed by atoms with Crippen LogP contribution in [-0.2, 0) is 20.8 Å². The van der Waals surface area contributed by atoms with Gasteiger partial charge in [0.05, 0.1) is 6.04 Å². The van der Waals surface area contributed by atoms with E-state index in [4.69, 9.17) is 19.6 Å². The summed E-state index contributed by atoms with van der Waals surface area (Å²) in [6.07, 6.45) is 7.21. The molecule has 0 radical (unpaired) electrons. The molecule has 3 aliphatic rings. The summed E-state index contributed by atoms with van der Waals surface area (Å²) in [7, 11) is 0. The van der Waals surface area contributed by atoms with Gasteiger partial charge in [0.25, 0.3) is 0 Å². The Kier molecular flexibility index (Phi) is 5.05. The average molecular weight is 397 g/mol. The molecule has 154 valence electrons. The van der Waals surface area contributed by atoms with Gasteiger partial charge in [0.15, 0.2) is 11.6 Å². The number of nitrogens with zero attached hydrogens (tertiary/aromatic N) is 5. The number of aromatic nitrogens is 4. The quantitative estimate of drug-likeness (QED) is 0.770. The molecule has 2 saturated heterocycles. The fourth-order valence-electron chi connectivity index (χ4n) is 4.46. The number of morpholine rings is 1. The minimum absolute atomic E-state index is 0.0461. The topological polar surface area (TPSA) is 82.4 Å². The van der Waals surface area contributed by atoms with Crippen LogP contribution in [0, 0.1) is 0 Å². The van der Waals surface area contributed by atoms with E-state index in [1.807, 2.05) is 27.9 Å². The van der Waals surface area contributed by atoms with Gasteiger partial charge in [-0.15, -0.1) is 0 Å². The van der Waals surface area contributed by atoms with Crippen LogP contribution in [0.4, 0.5) is 0 Å². The fraction of sp³-hybridized carbons (Fsp3) is 0.619. The van der Waals surface area contributed by atoms with Crippen LogP contribution in [0.5, 0.6) is 0 Å². The van der Waals surface area contributed by atoms with Crippen LogP contribution >= 0.6 is 0 Å². The molecule has 4 heterocycles. The van der Waals surface area contributed by atoms with E-state index >= 15 is 0 Å². The number of carbonyl (C=O) groups is 1. The standard InChI is InChI=1S/C21H27N5O3/c1-2-25-21(23-20(24-25)14-7-10-28-11-8-14)19-18(15-4-3-9-22-12-15)26(16-5-6-16)17(27)13-29-19/h3-4,9,12,14,16,18-19H,2,5-8,10-11,13H2,1H3/t18-,19+/m1/s1. The van der Waals surface area contributed by atoms with Crippen molar-refractivity contribution in [1.29, 1.82) is 0 Å². The molecule has 0 unspecified atom stereocenters. The summed E-state index contributed by atoms with van der Waals surface area (Å²) in [4.78, 5) is 24.0. The molecule has 1 saturated carbocycles. The molecule has 1 aliphatic carbocycles. The van der Waals surface area contributed by atoms with E-state index in [0.717, 1.165) is 56.1 Å². The second kappa shape index (κ2) is 7.84. The zero-order chi connectivity index (χ0) is 19.8. The molecule has 2 aromatic heterocycles. The third kappa shape index (κ3) is 3.55. The number of ether oxygens (including phenoxy) is 2. The largest absolute Gasteiger partial charge is 0.381 e. The number of aryl methyl sites for hydroxylation is 1. The van der Waals surface area contributed by atoms with Crippen molar-refractivity contribution < 1.29 is 14.3 Å². The van der Waals surface area contributed by atoms with Crippen LogP contribution in [0.25, 0.3) is 0 Å². The highest BCUT2D eigenvalue weighted by Crippen LogP contribution is 2.45. The van der Waals surface area contributed by atoms with Crippen molar-refractivity contribution in [3.63, 3.8) is 0 Å². The Morgan fingerprint density at radius 1 is 1.21 bits per heavy atom. The Labute approximate surface area is 170 Å². The van der Waals surface area contributed by atoms with Gasteiger partial charge in [0.1, 0.15) is 12.7 Å². The molecule has 3 fully saturated rings. The van der Waals surface area contributed by atoms with Crippen molar-refractivity contribution in [1.82, 2.24) is 24.6 Å². The van der Waals surface area contributed by atoms with Crippen molar-refractivity contribution in [3.05, 3.63) is 41.7 Å². The van der Waals surface area contributed by atoms with E-state index in [2.05, 4.69) is 11.9 Å². The van der Waals surface area contributed by atoms with Gasteiger partial charge in [0.2, 0.25) is 5.91 Å². The molecule has 2 atom stereocenters. The van der Waals surface area contributed by atoms with Gasteiger partial charge in [-0.1, -0.05) is 6.07 Å². The summed E-state index contributed by atoms with van der Waals surface area (Å²) < 4.78 is 13.6. The van der Waals surface area contributed by atoms with E-state index in [1.54, 1.807) is 6.20 Å². The minimum atomic E-state index is -0.349. The minimum Gasteiger partial charge on any atom is -0.381 e. The van der Waals surface area contributed by atoms with Crippen LogP contribution < -0.4 is 0 Å². The molecule has 0 aromatic carbocycles. The van der Waals surface area contributed by atoms with Gasteiger partial charge < -0.3 is 14.4 Å². The van der Waals surface area contributed by atoms with E-state index in [-0.39, 0.29) is 30.7 Å².